The van der Waals surface area contributed by atoms with Gasteiger partial charge in [0, 0.05) is 0 Å². The highest BCUT2D eigenvalue weighted by Crippen LogP contribution is 2.09. The fourth-order valence-corrected chi connectivity index (χ4v) is 2.02. The van der Waals surface area contributed by atoms with Crippen molar-refractivity contribution < 1.29 is 0 Å². The van der Waals surface area contributed by atoms with E-state index in [1.54, 1.807) is 0 Å². The molecular formula is C18H33. The number of allylic oxidation sites excluding steroid dienone is 4. The maximum atomic E-state index is 3.79. The predicted octanol–water partition coefficient (Wildman–Crippen LogP) is 6.63. The average Bonchev–Trinajstić information content (AvgIpc) is 2.39. The minimum absolute atomic E-state index is 0.936. The molecule has 0 saturated carbocycles. The summed E-state index contributed by atoms with van der Waals surface area (Å²) < 4.78 is 0. The lowest BCUT2D eigenvalue weighted by Gasteiger charge is -1.99. The van der Waals surface area contributed by atoms with Crippen LogP contribution in [0.15, 0.2) is 24.3 Å². The molecular weight excluding hydrogens is 216 g/mol. The fraction of sp³-hybridized carbons (Fsp3) is 0.722. The zero-order chi connectivity index (χ0) is 13.3. The molecule has 0 bridgehead atoms. The highest BCUT2D eigenvalue weighted by atomic mass is 14.0. The van der Waals surface area contributed by atoms with E-state index in [9.17, 15) is 0 Å². The van der Waals surface area contributed by atoms with E-state index in [1.165, 1.54) is 70.6 Å². The summed E-state index contributed by atoms with van der Waals surface area (Å²) >= 11 is 0. The average molecular weight is 249 g/mol. The number of rotatable bonds is 13. The summed E-state index contributed by atoms with van der Waals surface area (Å²) in [5.41, 5.74) is 0. The van der Waals surface area contributed by atoms with Crippen molar-refractivity contribution in [2.75, 3.05) is 0 Å². The quantitative estimate of drug-likeness (QED) is 0.254. The van der Waals surface area contributed by atoms with E-state index in [0.717, 1.165) is 6.42 Å². The molecule has 0 nitrogen and oxygen atoms in total. The van der Waals surface area contributed by atoms with Gasteiger partial charge in [-0.25, -0.2) is 0 Å². The van der Waals surface area contributed by atoms with Gasteiger partial charge in [-0.1, -0.05) is 69.8 Å². The van der Waals surface area contributed by atoms with Crippen LogP contribution in [0.5, 0.6) is 0 Å². The summed E-state index contributed by atoms with van der Waals surface area (Å²) in [5.74, 6) is 0. The van der Waals surface area contributed by atoms with Crippen molar-refractivity contribution in [3.05, 3.63) is 31.2 Å². The molecule has 18 heavy (non-hydrogen) atoms. The molecule has 0 saturated heterocycles. The van der Waals surface area contributed by atoms with Gasteiger partial charge >= 0.3 is 0 Å². The van der Waals surface area contributed by atoms with Crippen LogP contribution in [0.25, 0.3) is 0 Å². The molecule has 0 atom stereocenters. The summed E-state index contributed by atoms with van der Waals surface area (Å²) in [6.07, 6.45) is 25.0. The van der Waals surface area contributed by atoms with E-state index >= 15 is 0 Å². The molecule has 0 aromatic heterocycles. The first-order valence-corrected chi connectivity index (χ1v) is 8.01. The Kier molecular flexibility index (Phi) is 16.0. The van der Waals surface area contributed by atoms with Crippen molar-refractivity contribution >= 4 is 0 Å². The molecule has 0 aliphatic carbocycles. The van der Waals surface area contributed by atoms with Crippen molar-refractivity contribution in [1.29, 1.82) is 0 Å². The van der Waals surface area contributed by atoms with E-state index in [0.29, 0.717) is 0 Å². The lowest BCUT2D eigenvalue weighted by Crippen LogP contribution is -1.79. The van der Waals surface area contributed by atoms with E-state index in [2.05, 4.69) is 38.2 Å². The number of unbranched alkanes of at least 4 members (excludes halogenated alkanes) is 9. The molecule has 0 fully saturated rings. The highest BCUT2D eigenvalue weighted by molar-refractivity contribution is 4.82. The molecule has 0 amide bonds. The van der Waals surface area contributed by atoms with Gasteiger partial charge in [0.2, 0.25) is 0 Å². The van der Waals surface area contributed by atoms with Crippen molar-refractivity contribution in [3.63, 3.8) is 0 Å². The third kappa shape index (κ3) is 15.5. The summed E-state index contributed by atoms with van der Waals surface area (Å²) in [4.78, 5) is 0. The van der Waals surface area contributed by atoms with Crippen LogP contribution in [0.3, 0.4) is 0 Å². The second kappa shape index (κ2) is 16.5. The Labute approximate surface area is 116 Å². The fourth-order valence-electron chi connectivity index (χ4n) is 2.02. The zero-order valence-corrected chi connectivity index (χ0v) is 12.5. The van der Waals surface area contributed by atoms with Crippen LogP contribution in [0.2, 0.25) is 0 Å². The van der Waals surface area contributed by atoms with Gasteiger partial charge in [-0.05, 0) is 45.4 Å². The van der Waals surface area contributed by atoms with Crippen molar-refractivity contribution in [2.45, 2.75) is 84.0 Å². The van der Waals surface area contributed by atoms with Crippen LogP contribution < -0.4 is 0 Å². The van der Waals surface area contributed by atoms with Gasteiger partial charge in [-0.15, -0.1) is 0 Å². The third-order valence-electron chi connectivity index (χ3n) is 3.22. The van der Waals surface area contributed by atoms with Crippen LogP contribution in [0.4, 0.5) is 0 Å². The molecule has 0 N–H and O–H groups in total. The van der Waals surface area contributed by atoms with Gasteiger partial charge in [-0.2, -0.15) is 0 Å². The standard InChI is InChI=1S/C18H33/c1-3-5-7-9-11-13-15-17-18-16-14-12-10-8-6-4-2/h5,7,10,12H,1,3-4,6,8-9,11,13-18H2,2H3/b7-5+,12-10-. The Morgan fingerprint density at radius 1 is 0.611 bits per heavy atom. The van der Waals surface area contributed by atoms with Gasteiger partial charge in [0.15, 0.2) is 0 Å². The van der Waals surface area contributed by atoms with Crippen LogP contribution in [0, 0.1) is 6.92 Å². The minimum Gasteiger partial charge on any atom is -0.0885 e. The smallest absolute Gasteiger partial charge is 0.0351 e. The molecule has 0 aromatic rings. The van der Waals surface area contributed by atoms with Crippen molar-refractivity contribution in [3.8, 4) is 0 Å². The molecule has 0 rings (SSSR count). The molecule has 1 radical (unpaired) electrons. The number of hydrogen-bond acceptors (Lipinski definition) is 0. The summed E-state index contributed by atoms with van der Waals surface area (Å²) in [6, 6.07) is 0. The Morgan fingerprint density at radius 2 is 1.06 bits per heavy atom. The molecule has 0 unspecified atom stereocenters. The monoisotopic (exact) mass is 249 g/mol. The van der Waals surface area contributed by atoms with Crippen LogP contribution in [-0.4, -0.2) is 0 Å². The minimum atomic E-state index is 0.936. The summed E-state index contributed by atoms with van der Waals surface area (Å²) in [5, 5.41) is 0. The Balaban J connectivity index is 3.03. The van der Waals surface area contributed by atoms with Gasteiger partial charge < -0.3 is 0 Å². The lowest BCUT2D eigenvalue weighted by molar-refractivity contribution is 0.599. The normalized spacial score (nSPS) is 11.9. The Hall–Kier alpha value is -0.520. The second-order valence-electron chi connectivity index (χ2n) is 5.07. The molecule has 0 spiro atoms. The van der Waals surface area contributed by atoms with E-state index in [4.69, 9.17) is 0 Å². The van der Waals surface area contributed by atoms with Crippen LogP contribution >= 0.6 is 0 Å². The van der Waals surface area contributed by atoms with Gasteiger partial charge in [0.05, 0.1) is 0 Å². The first-order valence-electron chi connectivity index (χ1n) is 8.01. The van der Waals surface area contributed by atoms with Crippen LogP contribution in [0.1, 0.15) is 84.0 Å². The lowest BCUT2D eigenvalue weighted by atomic mass is 10.1. The van der Waals surface area contributed by atoms with E-state index < -0.39 is 0 Å². The third-order valence-corrected chi connectivity index (χ3v) is 3.22. The van der Waals surface area contributed by atoms with Gasteiger partial charge in [-0.3, -0.25) is 0 Å². The summed E-state index contributed by atoms with van der Waals surface area (Å²) in [7, 11) is 0. The van der Waals surface area contributed by atoms with E-state index in [-0.39, 0.29) is 0 Å². The largest absolute Gasteiger partial charge is 0.0885 e. The molecule has 0 aromatic carbocycles. The molecule has 0 aliphatic heterocycles. The maximum absolute atomic E-state index is 3.79. The molecule has 105 valence electrons. The molecule has 0 heterocycles. The topological polar surface area (TPSA) is 0 Å². The summed E-state index contributed by atoms with van der Waals surface area (Å²) in [6.45, 7) is 6.05. The Bertz CT molecular complexity index is 188. The van der Waals surface area contributed by atoms with Gasteiger partial charge in [0.1, 0.15) is 0 Å². The number of hydrogen-bond donors (Lipinski definition) is 0. The van der Waals surface area contributed by atoms with Crippen molar-refractivity contribution in [2.24, 2.45) is 0 Å². The van der Waals surface area contributed by atoms with Crippen LogP contribution in [-0.2, 0) is 0 Å². The maximum Gasteiger partial charge on any atom is -0.0351 e. The van der Waals surface area contributed by atoms with E-state index in [1.807, 2.05) is 0 Å². The zero-order valence-electron chi connectivity index (χ0n) is 12.5. The second-order valence-corrected chi connectivity index (χ2v) is 5.07. The van der Waals surface area contributed by atoms with Gasteiger partial charge in [0.25, 0.3) is 0 Å². The highest BCUT2D eigenvalue weighted by Gasteiger charge is 1.89. The SMILES string of the molecule is [CH2]C/C=C/CCCCCCCC/C=C\CCCC. The molecule has 0 aliphatic rings. The predicted molar refractivity (Wildman–Crippen MR) is 84.7 cm³/mol. The first-order chi connectivity index (χ1) is 8.91. The molecule has 0 heteroatoms. The first kappa shape index (κ1) is 17.5. The van der Waals surface area contributed by atoms with Crippen molar-refractivity contribution in [1.82, 2.24) is 0 Å². The Morgan fingerprint density at radius 3 is 1.56 bits per heavy atom.